The first-order valence-electron chi connectivity index (χ1n) is 22.5. The summed E-state index contributed by atoms with van der Waals surface area (Å²) in [5.41, 5.74) is 0.857. The lowest BCUT2D eigenvalue weighted by molar-refractivity contribution is -0.125. The lowest BCUT2D eigenvalue weighted by Crippen LogP contribution is -2.39. The minimum Gasteiger partial charge on any atom is -0.415 e. The monoisotopic (exact) mass is 909 g/mol. The highest BCUT2D eigenvalue weighted by Crippen LogP contribution is 2.53. The van der Waals surface area contributed by atoms with E-state index in [2.05, 4.69) is 22.9 Å². The van der Waals surface area contributed by atoms with E-state index in [1.807, 2.05) is 54.2 Å². The van der Waals surface area contributed by atoms with Gasteiger partial charge in [-0.15, -0.1) is 0 Å². The lowest BCUT2D eigenvalue weighted by atomic mass is 10.0. The Balaban J connectivity index is 0.000000294. The molecule has 5 rings (SSSR count). The van der Waals surface area contributed by atoms with Gasteiger partial charge in [-0.25, -0.2) is 9.36 Å². The molecule has 0 aliphatic carbocycles. The van der Waals surface area contributed by atoms with E-state index in [9.17, 15) is 23.7 Å². The van der Waals surface area contributed by atoms with Gasteiger partial charge in [-0.2, -0.15) is 11.8 Å². The number of Topliss-reactive ketones (excluding diaryl/α,β-unsaturated/α-hetero) is 2. The Hall–Kier alpha value is -4.20. The van der Waals surface area contributed by atoms with Crippen LogP contribution in [0.2, 0.25) is 0 Å². The largest absolute Gasteiger partial charge is 0.453 e. The van der Waals surface area contributed by atoms with E-state index in [0.29, 0.717) is 74.3 Å². The number of amides is 3. The van der Waals surface area contributed by atoms with Crippen molar-refractivity contribution in [2.75, 3.05) is 45.9 Å². The van der Waals surface area contributed by atoms with Gasteiger partial charge >= 0.3 is 13.6 Å². The minimum absolute atomic E-state index is 0.00885. The van der Waals surface area contributed by atoms with Crippen molar-refractivity contribution in [3.63, 3.8) is 0 Å². The Labute approximate surface area is 378 Å². The Kier molecular flexibility index (Phi) is 24.5. The zero-order chi connectivity index (χ0) is 45.0. The first-order chi connectivity index (χ1) is 30.7. The van der Waals surface area contributed by atoms with Crippen LogP contribution >= 0.6 is 19.4 Å². The first-order valence-corrected chi connectivity index (χ1v) is 25.1. The smallest absolute Gasteiger partial charge is 0.415 e. The van der Waals surface area contributed by atoms with Crippen LogP contribution in [0.1, 0.15) is 96.0 Å². The number of carbonyl (C=O) groups is 4. The first kappa shape index (κ1) is 51.4. The fourth-order valence-electron chi connectivity index (χ4n) is 7.11. The Bertz CT molecular complexity index is 1760. The molecule has 2 unspecified atom stereocenters. The molecule has 0 bridgehead atoms. The van der Waals surface area contributed by atoms with Crippen LogP contribution in [0.15, 0.2) is 91.0 Å². The van der Waals surface area contributed by atoms with E-state index in [1.54, 1.807) is 55.6 Å². The molecule has 2 heterocycles. The number of carbonyl (C=O) groups excluding carboxylic acids is 4. The number of ether oxygens (including phenoxy) is 3. The zero-order valence-electron chi connectivity index (χ0n) is 37.0. The number of urea groups is 1. The molecule has 13 nitrogen and oxygen atoms in total. The molecule has 3 amide bonds. The maximum atomic E-state index is 14.4. The molecule has 3 aromatic rings. The number of fused-ring (bicyclic) bond motifs is 1. The van der Waals surface area contributed by atoms with Crippen molar-refractivity contribution in [2.24, 2.45) is 0 Å². The fraction of sp³-hybridized carbons (Fsp3) is 0.542. The lowest BCUT2D eigenvalue weighted by Gasteiger charge is -2.28. The summed E-state index contributed by atoms with van der Waals surface area (Å²) >= 11 is 1.94. The highest BCUT2D eigenvalue weighted by Gasteiger charge is 2.43. The Morgan fingerprint density at radius 3 is 1.86 bits per heavy atom. The quantitative estimate of drug-likeness (QED) is 0.0320. The summed E-state index contributed by atoms with van der Waals surface area (Å²) in [5.74, 6) is 0.721. The number of hydrogen-bond acceptors (Lipinski definition) is 11. The second-order valence-corrected chi connectivity index (χ2v) is 19.0. The summed E-state index contributed by atoms with van der Waals surface area (Å²) < 4.78 is 42.2. The topological polar surface area (TPSA) is 168 Å². The molecular formula is C48H68N3O10PS. The molecule has 2 aliphatic rings. The number of methoxy groups -OCH3 is 1. The van der Waals surface area contributed by atoms with Crippen molar-refractivity contribution in [3.05, 3.63) is 96.6 Å². The molecule has 4 atom stereocenters. The summed E-state index contributed by atoms with van der Waals surface area (Å²) in [6.45, 7) is 5.51. The maximum absolute atomic E-state index is 14.4. The summed E-state index contributed by atoms with van der Waals surface area (Å²) in [7, 11) is -2.37. The molecule has 2 fully saturated rings. The standard InChI is InChI=1S/C29H34NO6P.C19H34N2O4S/c1-34-22-12-11-15-25(31)20-21-28(32)30-29(23-24-13-5-2-6-14-24)37(33,35-26-16-7-3-8-17-26)36-27-18-9-4-10-19-27;1-2-10-24-12-13-25-11-6-5-8-15(22)7-3-4-9-17-18-16(14-26-17)20-19(23)21-18/h2-10,13-14,16-19,29H,11-12,15,20-23H2,1H3,(H,30,32);16-18H,2-14H2,1H3,(H2,20,21,23)/t;16-,17?,18-/m.0/s1. The number of thioether (sulfide) groups is 1. The van der Waals surface area contributed by atoms with Crippen molar-refractivity contribution >= 4 is 42.9 Å². The normalized spacial score (nSPS) is 17.0. The molecule has 63 heavy (non-hydrogen) atoms. The molecule has 2 saturated heterocycles. The molecule has 3 aromatic carbocycles. The molecule has 0 saturated carbocycles. The van der Waals surface area contributed by atoms with Gasteiger partial charge in [-0.05, 0) is 74.8 Å². The molecule has 0 radical (unpaired) electrons. The summed E-state index contributed by atoms with van der Waals surface area (Å²) in [5, 5.41) is 9.33. The van der Waals surface area contributed by atoms with Gasteiger partial charge < -0.3 is 39.2 Å². The average Bonchev–Trinajstić information content (AvgIpc) is 3.85. The van der Waals surface area contributed by atoms with E-state index >= 15 is 0 Å². The Morgan fingerprint density at radius 1 is 0.698 bits per heavy atom. The molecular weight excluding hydrogens is 842 g/mol. The molecule has 346 valence electrons. The van der Waals surface area contributed by atoms with Gasteiger partial charge in [0.05, 0.1) is 25.3 Å². The van der Waals surface area contributed by atoms with Crippen LogP contribution in [-0.4, -0.2) is 92.5 Å². The van der Waals surface area contributed by atoms with Gasteiger partial charge in [0.1, 0.15) is 23.1 Å². The number of nitrogens with one attached hydrogen (secondary N) is 3. The second kappa shape index (κ2) is 30.0. The van der Waals surface area contributed by atoms with Gasteiger partial charge in [0.2, 0.25) is 5.91 Å². The number of para-hydroxylation sites is 2. The van der Waals surface area contributed by atoms with Crippen molar-refractivity contribution < 1.29 is 47.0 Å². The van der Waals surface area contributed by atoms with Gasteiger partial charge in [-0.1, -0.05) is 80.1 Å². The van der Waals surface area contributed by atoms with E-state index in [4.69, 9.17) is 23.3 Å². The third-order valence-corrected chi connectivity index (χ3v) is 14.0. The van der Waals surface area contributed by atoms with Crippen LogP contribution in [0.4, 0.5) is 4.79 Å². The van der Waals surface area contributed by atoms with Crippen LogP contribution in [0, 0.1) is 0 Å². The molecule has 0 aromatic heterocycles. The van der Waals surface area contributed by atoms with Crippen molar-refractivity contribution in [2.45, 2.75) is 120 Å². The average molecular weight is 910 g/mol. The van der Waals surface area contributed by atoms with E-state index < -0.39 is 13.4 Å². The van der Waals surface area contributed by atoms with Gasteiger partial charge in [-0.3, -0.25) is 14.4 Å². The SMILES string of the molecule is CCCOCCOCCCCC(=O)CCCCC1SC[C@@H]2NC(=O)N[C@H]12.COCCCCC(=O)CCC(=O)NC(Cc1ccccc1)P(=O)(Oc1ccccc1)Oc1ccccc1. The van der Waals surface area contributed by atoms with E-state index in [1.165, 1.54) is 0 Å². The van der Waals surface area contributed by atoms with Gasteiger partial charge in [0.25, 0.3) is 0 Å². The van der Waals surface area contributed by atoms with Crippen molar-refractivity contribution in [1.29, 1.82) is 0 Å². The zero-order valence-corrected chi connectivity index (χ0v) is 38.8. The Morgan fingerprint density at radius 2 is 1.25 bits per heavy atom. The predicted octanol–water partition coefficient (Wildman–Crippen LogP) is 9.08. The van der Waals surface area contributed by atoms with Gasteiger partial charge in [0.15, 0.2) is 5.78 Å². The minimum atomic E-state index is -4.00. The fourth-order valence-corrected chi connectivity index (χ4v) is 10.5. The highest BCUT2D eigenvalue weighted by atomic mass is 32.2. The predicted molar refractivity (Wildman–Crippen MR) is 249 cm³/mol. The van der Waals surface area contributed by atoms with Crippen molar-refractivity contribution in [3.8, 4) is 11.5 Å². The van der Waals surface area contributed by atoms with E-state index in [-0.39, 0.29) is 43.0 Å². The summed E-state index contributed by atoms with van der Waals surface area (Å²) in [6.07, 6.45) is 9.56. The number of rotatable bonds is 31. The van der Waals surface area contributed by atoms with Crippen molar-refractivity contribution in [1.82, 2.24) is 16.0 Å². The van der Waals surface area contributed by atoms with E-state index in [0.717, 1.165) is 69.3 Å². The third-order valence-electron chi connectivity index (χ3n) is 10.5. The molecule has 15 heteroatoms. The second-order valence-electron chi connectivity index (χ2n) is 15.7. The van der Waals surface area contributed by atoms with Crippen LogP contribution in [-0.2, 0) is 39.6 Å². The summed E-state index contributed by atoms with van der Waals surface area (Å²) in [4.78, 5) is 48.5. The highest BCUT2D eigenvalue weighted by molar-refractivity contribution is 8.00. The number of ketones is 2. The van der Waals surface area contributed by atoms with Crippen LogP contribution in [0.25, 0.3) is 0 Å². The van der Waals surface area contributed by atoms with Crippen LogP contribution in [0.3, 0.4) is 0 Å². The number of unbranched alkanes of at least 4 members (excludes halogenated alkanes) is 3. The summed E-state index contributed by atoms with van der Waals surface area (Å²) in [6, 6.07) is 27.4. The van der Waals surface area contributed by atoms with Crippen LogP contribution in [0.5, 0.6) is 11.5 Å². The molecule has 3 N–H and O–H groups in total. The maximum Gasteiger partial charge on any atom is 0.453 e. The van der Waals surface area contributed by atoms with Crippen LogP contribution < -0.4 is 25.0 Å². The third kappa shape index (κ3) is 20.5. The molecule has 2 aliphatic heterocycles. The number of hydrogen-bond donors (Lipinski definition) is 3. The van der Waals surface area contributed by atoms with Gasteiger partial charge in [0, 0.05) is 76.5 Å². The molecule has 0 spiro atoms. The number of benzene rings is 3.